The lowest BCUT2D eigenvalue weighted by Crippen LogP contribution is -2.40. The van der Waals surface area contributed by atoms with Crippen molar-refractivity contribution in [2.24, 2.45) is 0 Å². The van der Waals surface area contributed by atoms with Gasteiger partial charge in [0.05, 0.1) is 17.2 Å². The first-order chi connectivity index (χ1) is 14.5. The molecule has 0 bridgehead atoms. The SMILES string of the molecule is CCc1cc(CC)c2oc3c(c(=O)c2c1)=CC(=CCCOC(=O)N(CC)CC)CC=3. The Balaban J connectivity index is 1.87. The van der Waals surface area contributed by atoms with Crippen LogP contribution in [0.15, 0.2) is 33.0 Å². The molecule has 0 aliphatic heterocycles. The predicted molar refractivity (Wildman–Crippen MR) is 121 cm³/mol. The Morgan fingerprint density at radius 3 is 2.60 bits per heavy atom. The second-order valence-electron chi connectivity index (χ2n) is 7.45. The Morgan fingerprint density at radius 2 is 1.93 bits per heavy atom. The molecule has 1 aromatic heterocycles. The molecule has 5 nitrogen and oxygen atoms in total. The van der Waals surface area contributed by atoms with Gasteiger partial charge < -0.3 is 14.1 Å². The Labute approximate surface area is 177 Å². The van der Waals surface area contributed by atoms with E-state index in [-0.39, 0.29) is 11.5 Å². The van der Waals surface area contributed by atoms with Gasteiger partial charge in [0.2, 0.25) is 5.43 Å². The van der Waals surface area contributed by atoms with Gasteiger partial charge >= 0.3 is 6.09 Å². The number of carbonyl (C=O) groups is 1. The molecule has 0 unspecified atom stereocenters. The van der Waals surface area contributed by atoms with Gasteiger partial charge in [-0.2, -0.15) is 0 Å². The van der Waals surface area contributed by atoms with E-state index in [9.17, 15) is 9.59 Å². The van der Waals surface area contributed by atoms with Crippen LogP contribution in [0.5, 0.6) is 0 Å². The average Bonchev–Trinajstić information content (AvgIpc) is 2.77. The summed E-state index contributed by atoms with van der Waals surface area (Å²) in [5.41, 5.74) is 4.64. The van der Waals surface area contributed by atoms with Crippen molar-refractivity contribution in [2.45, 2.75) is 53.4 Å². The van der Waals surface area contributed by atoms with Crippen molar-refractivity contribution < 1.29 is 13.9 Å². The standard InChI is InChI=1S/C25H31NO4/c1-5-17-14-19(6-2)24-21(15-17)23(27)20-16-18(11-12-22(20)30-24)10-9-13-29-25(28)26(7-3)8-4/h10,12,14-16H,5-9,11,13H2,1-4H3. The highest BCUT2D eigenvalue weighted by atomic mass is 16.6. The maximum atomic E-state index is 13.2. The molecule has 1 amide bonds. The number of ether oxygens (including phenoxy) is 1. The van der Waals surface area contributed by atoms with E-state index in [1.807, 2.05) is 38.1 Å². The van der Waals surface area contributed by atoms with Crippen LogP contribution < -0.4 is 16.1 Å². The number of nitrogens with zero attached hydrogens (tertiary/aromatic N) is 1. The smallest absolute Gasteiger partial charge is 0.409 e. The highest BCUT2D eigenvalue weighted by molar-refractivity contribution is 5.81. The van der Waals surface area contributed by atoms with Crippen LogP contribution in [-0.4, -0.2) is 30.7 Å². The van der Waals surface area contributed by atoms with Crippen LogP contribution in [-0.2, 0) is 17.6 Å². The number of carbonyl (C=O) groups excluding carboxylic acids is 1. The second-order valence-corrected chi connectivity index (χ2v) is 7.45. The molecule has 1 aromatic carbocycles. The van der Waals surface area contributed by atoms with E-state index in [1.165, 1.54) is 0 Å². The van der Waals surface area contributed by atoms with Crippen LogP contribution in [0.25, 0.3) is 23.1 Å². The molecule has 0 saturated heterocycles. The fraction of sp³-hybridized carbons (Fsp3) is 0.440. The highest BCUT2D eigenvalue weighted by Crippen LogP contribution is 2.19. The third kappa shape index (κ3) is 4.50. The van der Waals surface area contributed by atoms with Gasteiger partial charge in [-0.05, 0) is 68.0 Å². The number of hydrogen-bond acceptors (Lipinski definition) is 4. The zero-order chi connectivity index (χ0) is 21.7. The normalized spacial score (nSPS) is 14.2. The number of hydrogen-bond donors (Lipinski definition) is 0. The fourth-order valence-electron chi connectivity index (χ4n) is 3.78. The quantitative estimate of drug-likeness (QED) is 0.655. The van der Waals surface area contributed by atoms with E-state index in [2.05, 4.69) is 19.9 Å². The van der Waals surface area contributed by atoms with Crippen molar-refractivity contribution in [3.8, 4) is 0 Å². The number of aryl methyl sites for hydroxylation is 2. The summed E-state index contributed by atoms with van der Waals surface area (Å²) in [6, 6.07) is 4.09. The van der Waals surface area contributed by atoms with Crippen LogP contribution in [0.1, 0.15) is 51.7 Å². The summed E-state index contributed by atoms with van der Waals surface area (Å²) in [6.45, 7) is 9.63. The van der Waals surface area contributed by atoms with Crippen molar-refractivity contribution in [1.82, 2.24) is 4.90 Å². The number of benzene rings is 1. The summed E-state index contributed by atoms with van der Waals surface area (Å²) in [5.74, 6) is 0. The first-order valence-electron chi connectivity index (χ1n) is 10.9. The molecule has 3 rings (SSSR count). The minimum absolute atomic E-state index is 0.0195. The monoisotopic (exact) mass is 409 g/mol. The summed E-state index contributed by atoms with van der Waals surface area (Å²) in [4.78, 5) is 26.8. The number of fused-ring (bicyclic) bond motifs is 2. The van der Waals surface area contributed by atoms with Gasteiger partial charge in [-0.15, -0.1) is 0 Å². The van der Waals surface area contributed by atoms with E-state index in [0.717, 1.165) is 29.5 Å². The van der Waals surface area contributed by atoms with Gasteiger partial charge in [0.25, 0.3) is 0 Å². The first-order valence-corrected chi connectivity index (χ1v) is 10.9. The van der Waals surface area contributed by atoms with Gasteiger partial charge in [0, 0.05) is 19.5 Å². The molecule has 0 spiro atoms. The Hall–Kier alpha value is -2.82. The summed E-state index contributed by atoms with van der Waals surface area (Å²) in [6.07, 6.45) is 8.64. The van der Waals surface area contributed by atoms with Gasteiger partial charge in [-0.25, -0.2) is 4.79 Å². The molecule has 0 saturated carbocycles. The molecular weight excluding hydrogens is 378 g/mol. The zero-order valence-electron chi connectivity index (χ0n) is 18.4. The predicted octanol–water partition coefficient (Wildman–Crippen LogP) is 3.68. The molecule has 0 fully saturated rings. The Morgan fingerprint density at radius 1 is 1.17 bits per heavy atom. The summed E-state index contributed by atoms with van der Waals surface area (Å²) < 4.78 is 11.5. The van der Waals surface area contributed by atoms with Crippen LogP contribution in [0.3, 0.4) is 0 Å². The van der Waals surface area contributed by atoms with Crippen molar-refractivity contribution >= 4 is 29.2 Å². The summed E-state index contributed by atoms with van der Waals surface area (Å²) >= 11 is 0. The zero-order valence-corrected chi connectivity index (χ0v) is 18.4. The molecule has 0 N–H and O–H groups in total. The van der Waals surface area contributed by atoms with Gasteiger partial charge in [0.1, 0.15) is 11.0 Å². The van der Waals surface area contributed by atoms with E-state index in [0.29, 0.717) is 54.1 Å². The van der Waals surface area contributed by atoms with Gasteiger partial charge in [-0.3, -0.25) is 4.79 Å². The minimum atomic E-state index is -0.284. The molecule has 2 aromatic rings. The molecule has 0 atom stereocenters. The average molecular weight is 410 g/mol. The molecular formula is C25H31NO4. The van der Waals surface area contributed by atoms with Crippen molar-refractivity contribution in [3.63, 3.8) is 0 Å². The fourth-order valence-corrected chi connectivity index (χ4v) is 3.78. The van der Waals surface area contributed by atoms with E-state index in [1.54, 1.807) is 4.90 Å². The van der Waals surface area contributed by atoms with Gasteiger partial charge in [0.15, 0.2) is 0 Å². The Bertz CT molecular complexity index is 1140. The van der Waals surface area contributed by atoms with E-state index < -0.39 is 0 Å². The third-order valence-corrected chi connectivity index (χ3v) is 5.61. The maximum absolute atomic E-state index is 13.2. The topological polar surface area (TPSA) is 59.8 Å². The van der Waals surface area contributed by atoms with Crippen LogP contribution in [0.4, 0.5) is 4.79 Å². The lowest BCUT2D eigenvalue weighted by molar-refractivity contribution is 0.108. The lowest BCUT2D eigenvalue weighted by Gasteiger charge is -2.17. The molecule has 160 valence electrons. The second kappa shape index (κ2) is 9.79. The van der Waals surface area contributed by atoms with Crippen LogP contribution >= 0.6 is 0 Å². The lowest BCUT2D eigenvalue weighted by atomic mass is 10.00. The molecule has 30 heavy (non-hydrogen) atoms. The number of rotatable bonds is 7. The largest absolute Gasteiger partial charge is 0.456 e. The molecule has 0 radical (unpaired) electrons. The Kier molecular flexibility index (Phi) is 7.14. The molecule has 1 heterocycles. The van der Waals surface area contributed by atoms with Crippen LogP contribution in [0.2, 0.25) is 0 Å². The number of allylic oxidation sites excluding steroid dienone is 1. The van der Waals surface area contributed by atoms with Crippen molar-refractivity contribution in [2.75, 3.05) is 19.7 Å². The summed E-state index contributed by atoms with van der Waals surface area (Å²) in [5, 5.41) is 1.26. The van der Waals surface area contributed by atoms with Crippen molar-refractivity contribution in [1.29, 1.82) is 0 Å². The van der Waals surface area contributed by atoms with Crippen molar-refractivity contribution in [3.05, 3.63) is 55.8 Å². The molecule has 1 aliphatic rings. The first kappa shape index (κ1) is 21.9. The van der Waals surface area contributed by atoms with E-state index in [4.69, 9.17) is 9.15 Å². The van der Waals surface area contributed by atoms with Gasteiger partial charge in [-0.1, -0.05) is 26.0 Å². The van der Waals surface area contributed by atoms with E-state index >= 15 is 0 Å². The van der Waals surface area contributed by atoms with Crippen LogP contribution in [0, 0.1) is 0 Å². The molecule has 5 heteroatoms. The number of amides is 1. The molecule has 1 aliphatic carbocycles. The third-order valence-electron chi connectivity index (χ3n) is 5.61. The highest BCUT2D eigenvalue weighted by Gasteiger charge is 2.13. The minimum Gasteiger partial charge on any atom is -0.456 e. The maximum Gasteiger partial charge on any atom is 0.409 e. The summed E-state index contributed by atoms with van der Waals surface area (Å²) in [7, 11) is 0.